The second-order valence-electron chi connectivity index (χ2n) is 6.26. The van der Waals surface area contributed by atoms with Gasteiger partial charge in [0.1, 0.15) is 6.54 Å². The van der Waals surface area contributed by atoms with E-state index in [0.29, 0.717) is 11.1 Å². The van der Waals surface area contributed by atoms with Gasteiger partial charge in [0.05, 0.1) is 17.7 Å². The van der Waals surface area contributed by atoms with Gasteiger partial charge in [0, 0.05) is 25.3 Å². The quantitative estimate of drug-likeness (QED) is 0.662. The van der Waals surface area contributed by atoms with Gasteiger partial charge in [-0.25, -0.2) is 0 Å². The smallest absolute Gasteiger partial charge is 0.262 e. The molecule has 27 heavy (non-hydrogen) atoms. The molecule has 1 aliphatic rings. The number of hydrogen-bond donors (Lipinski definition) is 1. The third-order valence-electron chi connectivity index (χ3n) is 4.17. The highest BCUT2D eigenvalue weighted by atomic mass is 16.2. The van der Waals surface area contributed by atoms with Crippen molar-refractivity contribution < 1.29 is 14.4 Å². The molecule has 2 aromatic carbocycles. The van der Waals surface area contributed by atoms with Crippen molar-refractivity contribution >= 4 is 23.4 Å². The van der Waals surface area contributed by atoms with Crippen LogP contribution in [0.3, 0.4) is 0 Å². The number of imide groups is 1. The van der Waals surface area contributed by atoms with Crippen molar-refractivity contribution in [3.05, 3.63) is 65.2 Å². The Kier molecular flexibility index (Phi) is 5.23. The largest absolute Gasteiger partial charge is 0.378 e. The van der Waals surface area contributed by atoms with Crippen LogP contribution in [-0.2, 0) is 4.79 Å². The molecule has 0 atom stereocenters. The van der Waals surface area contributed by atoms with Gasteiger partial charge in [0.25, 0.3) is 11.8 Å². The van der Waals surface area contributed by atoms with Gasteiger partial charge in [0.15, 0.2) is 0 Å². The van der Waals surface area contributed by atoms with Crippen molar-refractivity contribution in [3.63, 3.8) is 0 Å². The Labute approximate surface area is 157 Å². The summed E-state index contributed by atoms with van der Waals surface area (Å²) >= 11 is 0. The number of carbonyl (C=O) groups excluding carboxylic acids is 3. The number of benzene rings is 2. The zero-order chi connectivity index (χ0) is 19.4. The third kappa shape index (κ3) is 3.98. The van der Waals surface area contributed by atoms with Gasteiger partial charge in [-0.05, 0) is 36.4 Å². The molecule has 0 radical (unpaired) electrons. The van der Waals surface area contributed by atoms with Crippen LogP contribution in [0.1, 0.15) is 26.3 Å². The van der Waals surface area contributed by atoms with Gasteiger partial charge in [-0.3, -0.25) is 19.3 Å². The fourth-order valence-electron chi connectivity index (χ4n) is 2.71. The van der Waals surface area contributed by atoms with E-state index in [1.165, 1.54) is 0 Å². The van der Waals surface area contributed by atoms with Crippen LogP contribution >= 0.6 is 0 Å². The summed E-state index contributed by atoms with van der Waals surface area (Å²) in [6.07, 6.45) is 0. The zero-order valence-electron chi connectivity index (χ0n) is 15.2. The Hall–Kier alpha value is -3.59. The molecule has 1 heterocycles. The molecule has 0 spiro atoms. The maximum absolute atomic E-state index is 12.2. The number of anilines is 1. The van der Waals surface area contributed by atoms with Crippen molar-refractivity contribution in [3.8, 4) is 11.8 Å². The predicted octanol–water partition coefficient (Wildman–Crippen LogP) is 1.52. The third-order valence-corrected chi connectivity index (χ3v) is 4.17. The molecule has 6 nitrogen and oxygen atoms in total. The summed E-state index contributed by atoms with van der Waals surface area (Å²) in [7, 11) is 3.93. The molecule has 0 bridgehead atoms. The molecular weight excluding hydrogens is 342 g/mol. The number of nitrogens with zero attached hydrogens (tertiary/aromatic N) is 2. The molecule has 0 aromatic heterocycles. The predicted molar refractivity (Wildman–Crippen MR) is 102 cm³/mol. The molecule has 0 fully saturated rings. The van der Waals surface area contributed by atoms with E-state index in [4.69, 9.17) is 0 Å². The second kappa shape index (κ2) is 7.75. The Bertz CT molecular complexity index is 918. The van der Waals surface area contributed by atoms with Gasteiger partial charge in [-0.2, -0.15) is 0 Å². The molecule has 6 heteroatoms. The van der Waals surface area contributed by atoms with E-state index in [2.05, 4.69) is 17.2 Å². The van der Waals surface area contributed by atoms with E-state index in [0.717, 1.165) is 16.2 Å². The van der Waals surface area contributed by atoms with Gasteiger partial charge in [0.2, 0.25) is 5.91 Å². The average Bonchev–Trinajstić information content (AvgIpc) is 2.91. The molecule has 0 saturated carbocycles. The van der Waals surface area contributed by atoms with Crippen molar-refractivity contribution in [1.82, 2.24) is 10.2 Å². The maximum Gasteiger partial charge on any atom is 0.262 e. The Morgan fingerprint density at radius 3 is 2.15 bits per heavy atom. The number of amides is 3. The van der Waals surface area contributed by atoms with Crippen LogP contribution in [0.25, 0.3) is 0 Å². The molecule has 1 aliphatic heterocycles. The zero-order valence-corrected chi connectivity index (χ0v) is 15.2. The lowest BCUT2D eigenvalue weighted by molar-refractivity contribution is -0.121. The lowest BCUT2D eigenvalue weighted by Gasteiger charge is -2.12. The van der Waals surface area contributed by atoms with Crippen molar-refractivity contribution in [2.45, 2.75) is 0 Å². The average molecular weight is 361 g/mol. The summed E-state index contributed by atoms with van der Waals surface area (Å²) in [5, 5.41) is 2.61. The van der Waals surface area contributed by atoms with Gasteiger partial charge < -0.3 is 10.2 Å². The van der Waals surface area contributed by atoms with Crippen LogP contribution in [0.4, 0.5) is 5.69 Å². The summed E-state index contributed by atoms with van der Waals surface area (Å²) < 4.78 is 0. The van der Waals surface area contributed by atoms with E-state index in [-0.39, 0.29) is 13.1 Å². The lowest BCUT2D eigenvalue weighted by Crippen LogP contribution is -2.40. The highest BCUT2D eigenvalue weighted by molar-refractivity contribution is 6.22. The normalized spacial score (nSPS) is 12.3. The van der Waals surface area contributed by atoms with Gasteiger partial charge in [-0.15, -0.1) is 0 Å². The van der Waals surface area contributed by atoms with Crippen LogP contribution < -0.4 is 10.2 Å². The number of carbonyl (C=O) groups is 3. The highest BCUT2D eigenvalue weighted by Crippen LogP contribution is 2.21. The van der Waals surface area contributed by atoms with E-state index in [9.17, 15) is 14.4 Å². The van der Waals surface area contributed by atoms with Crippen LogP contribution in [-0.4, -0.2) is 49.8 Å². The molecule has 2 aromatic rings. The summed E-state index contributed by atoms with van der Waals surface area (Å²) in [6.45, 7) is -0.178. The minimum Gasteiger partial charge on any atom is -0.378 e. The molecule has 1 N–H and O–H groups in total. The molecule has 3 rings (SSSR count). The monoisotopic (exact) mass is 361 g/mol. The maximum atomic E-state index is 12.2. The molecule has 136 valence electrons. The number of nitrogens with one attached hydrogen (secondary N) is 1. The fraction of sp³-hybridized carbons (Fsp3) is 0.190. The summed E-state index contributed by atoms with van der Waals surface area (Å²) in [6, 6.07) is 14.3. The van der Waals surface area contributed by atoms with Gasteiger partial charge in [-0.1, -0.05) is 24.0 Å². The Morgan fingerprint density at radius 1 is 1.00 bits per heavy atom. The SMILES string of the molecule is CN(C)c1ccc(C#CCNC(=O)CN2C(=O)c3ccccc3C2=O)cc1. The summed E-state index contributed by atoms with van der Waals surface area (Å²) in [5.41, 5.74) is 2.58. The Balaban J connectivity index is 1.53. The highest BCUT2D eigenvalue weighted by Gasteiger charge is 2.36. The number of hydrogen-bond acceptors (Lipinski definition) is 4. The summed E-state index contributed by atoms with van der Waals surface area (Å²) in [4.78, 5) is 39.4. The summed E-state index contributed by atoms with van der Waals surface area (Å²) in [5.74, 6) is 4.50. The molecule has 3 amide bonds. The minimum atomic E-state index is -0.446. The van der Waals surface area contributed by atoms with E-state index in [1.807, 2.05) is 43.3 Å². The first-order valence-corrected chi connectivity index (χ1v) is 8.45. The van der Waals surface area contributed by atoms with E-state index < -0.39 is 17.7 Å². The molecule has 0 unspecified atom stereocenters. The van der Waals surface area contributed by atoms with Gasteiger partial charge >= 0.3 is 0 Å². The Morgan fingerprint density at radius 2 is 1.59 bits per heavy atom. The molecular formula is C21H19N3O3. The fourth-order valence-corrected chi connectivity index (χ4v) is 2.71. The van der Waals surface area contributed by atoms with Crippen LogP contribution in [0.5, 0.6) is 0 Å². The number of rotatable bonds is 4. The van der Waals surface area contributed by atoms with Crippen LogP contribution in [0, 0.1) is 11.8 Å². The van der Waals surface area contributed by atoms with Crippen LogP contribution in [0.2, 0.25) is 0 Å². The second-order valence-corrected chi connectivity index (χ2v) is 6.26. The first-order valence-electron chi connectivity index (χ1n) is 8.45. The van der Waals surface area contributed by atoms with Crippen molar-refractivity contribution in [2.24, 2.45) is 0 Å². The minimum absolute atomic E-state index is 0.136. The first-order chi connectivity index (χ1) is 13.0. The van der Waals surface area contributed by atoms with E-state index >= 15 is 0 Å². The molecule has 0 saturated heterocycles. The van der Waals surface area contributed by atoms with Crippen molar-refractivity contribution in [1.29, 1.82) is 0 Å². The standard InChI is InChI=1S/C21H19N3O3/c1-23(2)16-11-9-15(10-12-16)6-5-13-22-19(25)14-24-20(26)17-7-3-4-8-18(17)21(24)27/h3-4,7-12H,13-14H2,1-2H3,(H,22,25). The topological polar surface area (TPSA) is 69.7 Å². The lowest BCUT2D eigenvalue weighted by atomic mass is 10.1. The molecule has 0 aliphatic carbocycles. The van der Waals surface area contributed by atoms with E-state index in [1.54, 1.807) is 24.3 Å². The van der Waals surface area contributed by atoms with Crippen molar-refractivity contribution in [2.75, 3.05) is 32.1 Å². The number of fused-ring (bicyclic) bond motifs is 1. The van der Waals surface area contributed by atoms with Crippen LogP contribution in [0.15, 0.2) is 48.5 Å². The first kappa shape index (κ1) is 18.2.